The van der Waals surface area contributed by atoms with E-state index in [1.165, 1.54) is 12.7 Å². The molecule has 1 fully saturated rings. The number of furan rings is 1. The Kier molecular flexibility index (Phi) is 5.05. The number of hydrogen-bond donors (Lipinski definition) is 0. The predicted octanol–water partition coefficient (Wildman–Crippen LogP) is 2.85. The molecule has 2 heterocycles. The highest BCUT2D eigenvalue weighted by Gasteiger charge is 2.24. The van der Waals surface area contributed by atoms with Crippen LogP contribution in [0.1, 0.15) is 30.6 Å². The first-order valence-electron chi connectivity index (χ1n) is 6.82. The Balaban J connectivity index is 1.83. The van der Waals surface area contributed by atoms with Crippen LogP contribution in [0.4, 0.5) is 0 Å². The Morgan fingerprint density at radius 1 is 1.37 bits per heavy atom. The van der Waals surface area contributed by atoms with Gasteiger partial charge < -0.3 is 9.32 Å². The van der Waals surface area contributed by atoms with Gasteiger partial charge in [0.05, 0.1) is 11.8 Å². The van der Waals surface area contributed by atoms with Crippen LogP contribution in [0.2, 0.25) is 0 Å². The molecule has 0 aliphatic carbocycles. The van der Waals surface area contributed by atoms with Gasteiger partial charge in [0.15, 0.2) is 4.67 Å². The van der Waals surface area contributed by atoms with E-state index in [2.05, 4.69) is 34.7 Å². The van der Waals surface area contributed by atoms with E-state index in [9.17, 15) is 4.79 Å². The molecule has 0 N–H and O–H groups in total. The van der Waals surface area contributed by atoms with Crippen molar-refractivity contribution in [1.82, 2.24) is 9.80 Å². The van der Waals surface area contributed by atoms with Crippen LogP contribution in [0.3, 0.4) is 0 Å². The van der Waals surface area contributed by atoms with Crippen molar-refractivity contribution in [3.8, 4) is 0 Å². The number of halogens is 1. The van der Waals surface area contributed by atoms with E-state index in [1.807, 2.05) is 4.90 Å². The molecule has 4 nitrogen and oxygen atoms in total. The van der Waals surface area contributed by atoms with Gasteiger partial charge in [-0.05, 0) is 40.9 Å². The summed E-state index contributed by atoms with van der Waals surface area (Å²) in [6.45, 7) is 9.16. The fraction of sp³-hybridized carbons (Fsp3) is 0.643. The lowest BCUT2D eigenvalue weighted by atomic mass is 10.1. The topological polar surface area (TPSA) is 36.7 Å². The van der Waals surface area contributed by atoms with Crippen molar-refractivity contribution in [3.05, 3.63) is 22.6 Å². The molecule has 0 aromatic carbocycles. The van der Waals surface area contributed by atoms with Crippen molar-refractivity contribution >= 4 is 21.8 Å². The number of rotatable bonds is 4. The Bertz CT molecular complexity index is 423. The minimum Gasteiger partial charge on any atom is -0.457 e. The molecule has 1 aliphatic rings. The van der Waals surface area contributed by atoms with Crippen molar-refractivity contribution in [2.24, 2.45) is 5.92 Å². The van der Waals surface area contributed by atoms with E-state index in [0.717, 1.165) is 38.6 Å². The lowest BCUT2D eigenvalue weighted by molar-refractivity contribution is 0.0630. The highest BCUT2D eigenvalue weighted by atomic mass is 79.9. The van der Waals surface area contributed by atoms with E-state index in [0.29, 0.717) is 10.2 Å². The molecule has 1 aromatic rings. The van der Waals surface area contributed by atoms with E-state index < -0.39 is 0 Å². The molecule has 19 heavy (non-hydrogen) atoms. The molecule has 0 spiro atoms. The summed E-state index contributed by atoms with van der Waals surface area (Å²) in [5, 5.41) is 0. The molecule has 1 aliphatic heterocycles. The van der Waals surface area contributed by atoms with Crippen LogP contribution in [0.25, 0.3) is 0 Å². The third kappa shape index (κ3) is 3.83. The van der Waals surface area contributed by atoms with Gasteiger partial charge in [-0.1, -0.05) is 13.8 Å². The zero-order chi connectivity index (χ0) is 13.8. The first-order chi connectivity index (χ1) is 9.08. The highest BCUT2D eigenvalue weighted by Crippen LogP contribution is 2.20. The summed E-state index contributed by atoms with van der Waals surface area (Å²) in [4.78, 5) is 16.6. The van der Waals surface area contributed by atoms with Gasteiger partial charge in [-0.2, -0.15) is 0 Å². The van der Waals surface area contributed by atoms with Crippen LogP contribution in [-0.2, 0) is 0 Å². The molecular weight excluding hydrogens is 308 g/mol. The first-order valence-corrected chi connectivity index (χ1v) is 7.62. The third-order valence-electron chi connectivity index (χ3n) is 3.53. The number of nitrogens with zero attached hydrogens (tertiary/aromatic N) is 2. The van der Waals surface area contributed by atoms with Gasteiger partial charge >= 0.3 is 0 Å². The predicted molar refractivity (Wildman–Crippen MR) is 78.2 cm³/mol. The normalized spacial score (nSPS) is 17.2. The maximum Gasteiger partial charge on any atom is 0.258 e. The summed E-state index contributed by atoms with van der Waals surface area (Å²) in [5.74, 6) is 0.797. The number of hydrogen-bond acceptors (Lipinski definition) is 3. The molecule has 2 rings (SSSR count). The first kappa shape index (κ1) is 14.6. The fourth-order valence-electron chi connectivity index (χ4n) is 2.23. The molecule has 0 unspecified atom stereocenters. The van der Waals surface area contributed by atoms with Gasteiger partial charge in [-0.3, -0.25) is 9.69 Å². The van der Waals surface area contributed by atoms with Gasteiger partial charge in [0.25, 0.3) is 5.91 Å². The standard InChI is InChI=1S/C14H21BrN2O2/c1-11(2)3-5-16-6-8-17(9-7-16)14(18)12-4-10-19-13(12)15/h4,10-11H,3,5-9H2,1-2H3. The van der Waals surface area contributed by atoms with Gasteiger partial charge in [-0.25, -0.2) is 0 Å². The number of carbonyl (C=O) groups excluding carboxylic acids is 1. The molecule has 0 bridgehead atoms. The lowest BCUT2D eigenvalue weighted by Gasteiger charge is -2.34. The van der Waals surface area contributed by atoms with E-state index in [-0.39, 0.29) is 5.91 Å². The molecule has 0 atom stereocenters. The second-order valence-electron chi connectivity index (χ2n) is 5.42. The average Bonchev–Trinajstić information content (AvgIpc) is 2.82. The van der Waals surface area contributed by atoms with Crippen LogP contribution in [-0.4, -0.2) is 48.4 Å². The van der Waals surface area contributed by atoms with Crippen LogP contribution in [0.5, 0.6) is 0 Å². The fourth-order valence-corrected chi connectivity index (χ4v) is 2.64. The second kappa shape index (κ2) is 6.57. The minimum atomic E-state index is 0.0594. The number of amides is 1. The molecule has 1 aromatic heterocycles. The third-order valence-corrected chi connectivity index (χ3v) is 4.14. The maximum atomic E-state index is 12.3. The molecule has 1 saturated heterocycles. The lowest BCUT2D eigenvalue weighted by Crippen LogP contribution is -2.49. The van der Waals surface area contributed by atoms with Crippen LogP contribution in [0, 0.1) is 5.92 Å². The van der Waals surface area contributed by atoms with Crippen LogP contribution < -0.4 is 0 Å². The summed E-state index contributed by atoms with van der Waals surface area (Å²) in [6.07, 6.45) is 2.76. The molecular formula is C14H21BrN2O2. The van der Waals surface area contributed by atoms with E-state index >= 15 is 0 Å². The zero-order valence-electron chi connectivity index (χ0n) is 11.6. The van der Waals surface area contributed by atoms with Crippen molar-refractivity contribution in [1.29, 1.82) is 0 Å². The summed E-state index contributed by atoms with van der Waals surface area (Å²) in [6, 6.07) is 1.72. The summed E-state index contributed by atoms with van der Waals surface area (Å²) >= 11 is 3.26. The van der Waals surface area contributed by atoms with Crippen LogP contribution >= 0.6 is 15.9 Å². The Morgan fingerprint density at radius 2 is 2.05 bits per heavy atom. The monoisotopic (exact) mass is 328 g/mol. The Morgan fingerprint density at radius 3 is 2.58 bits per heavy atom. The van der Waals surface area contributed by atoms with Crippen LogP contribution in [0.15, 0.2) is 21.4 Å². The molecule has 0 radical (unpaired) electrons. The SMILES string of the molecule is CC(C)CCN1CCN(C(=O)c2ccoc2Br)CC1. The van der Waals surface area contributed by atoms with E-state index in [1.54, 1.807) is 6.07 Å². The minimum absolute atomic E-state index is 0.0594. The smallest absolute Gasteiger partial charge is 0.258 e. The van der Waals surface area contributed by atoms with Gasteiger partial charge in [0.2, 0.25) is 0 Å². The summed E-state index contributed by atoms with van der Waals surface area (Å²) < 4.78 is 5.65. The van der Waals surface area contributed by atoms with E-state index in [4.69, 9.17) is 4.42 Å². The highest BCUT2D eigenvalue weighted by molar-refractivity contribution is 9.10. The second-order valence-corrected chi connectivity index (χ2v) is 6.14. The molecule has 5 heteroatoms. The number of piperazine rings is 1. The van der Waals surface area contributed by atoms with Gasteiger partial charge in [-0.15, -0.1) is 0 Å². The van der Waals surface area contributed by atoms with Crippen molar-refractivity contribution in [2.75, 3.05) is 32.7 Å². The van der Waals surface area contributed by atoms with Crippen molar-refractivity contribution in [3.63, 3.8) is 0 Å². The molecule has 0 saturated carbocycles. The van der Waals surface area contributed by atoms with Gasteiger partial charge in [0, 0.05) is 26.2 Å². The Hall–Kier alpha value is -0.810. The average molecular weight is 329 g/mol. The molecule has 106 valence electrons. The molecule has 1 amide bonds. The quantitative estimate of drug-likeness (QED) is 0.852. The van der Waals surface area contributed by atoms with Gasteiger partial charge in [0.1, 0.15) is 0 Å². The zero-order valence-corrected chi connectivity index (χ0v) is 13.1. The maximum absolute atomic E-state index is 12.3. The number of carbonyl (C=O) groups is 1. The summed E-state index contributed by atoms with van der Waals surface area (Å²) in [7, 11) is 0. The van der Waals surface area contributed by atoms with Crippen molar-refractivity contribution in [2.45, 2.75) is 20.3 Å². The van der Waals surface area contributed by atoms with Crippen molar-refractivity contribution < 1.29 is 9.21 Å². The largest absolute Gasteiger partial charge is 0.457 e. The Labute approximate surface area is 122 Å². The summed E-state index contributed by atoms with van der Waals surface area (Å²) in [5.41, 5.74) is 0.621.